The first-order valence-electron chi connectivity index (χ1n) is 9.99. The van der Waals surface area contributed by atoms with Crippen LogP contribution >= 0.6 is 0 Å². The minimum atomic E-state index is -0.215. The average molecular weight is 382 g/mol. The first-order valence-corrected chi connectivity index (χ1v) is 9.99. The molecule has 0 heterocycles. The second-order valence-electron chi connectivity index (χ2n) is 7.79. The monoisotopic (exact) mass is 381 g/mol. The molecular formula is C26H27N3. The Hall–Kier alpha value is -3.30. The summed E-state index contributed by atoms with van der Waals surface area (Å²) in [5.41, 5.74) is 19.6. The van der Waals surface area contributed by atoms with Crippen LogP contribution in [-0.4, -0.2) is 12.1 Å². The second-order valence-corrected chi connectivity index (χ2v) is 7.79. The quantitative estimate of drug-likeness (QED) is 0.503. The minimum absolute atomic E-state index is 0.215. The summed E-state index contributed by atoms with van der Waals surface area (Å²) in [6.07, 6.45) is 7.40. The van der Waals surface area contributed by atoms with E-state index in [1.54, 1.807) is 0 Å². The molecule has 1 aliphatic rings. The van der Waals surface area contributed by atoms with Crippen LogP contribution in [0, 0.1) is 0 Å². The van der Waals surface area contributed by atoms with Gasteiger partial charge in [-0.25, -0.2) is 0 Å². The maximum Gasteiger partial charge on any atom is 0.0568 e. The van der Waals surface area contributed by atoms with Gasteiger partial charge in [0, 0.05) is 29.0 Å². The van der Waals surface area contributed by atoms with Gasteiger partial charge in [-0.1, -0.05) is 78.9 Å². The number of benzene rings is 3. The largest absolute Gasteiger partial charge is 0.398 e. The van der Waals surface area contributed by atoms with E-state index in [2.05, 4.69) is 79.0 Å². The van der Waals surface area contributed by atoms with E-state index in [1.165, 1.54) is 0 Å². The number of nitrogens with two attached hydrogens (primary N) is 2. The normalized spacial score (nSPS) is 18.3. The Morgan fingerprint density at radius 3 is 2.14 bits per heavy atom. The Bertz CT molecular complexity index is 1050. The molecule has 3 nitrogen and oxygen atoms in total. The third kappa shape index (κ3) is 4.10. The Morgan fingerprint density at radius 2 is 1.52 bits per heavy atom. The summed E-state index contributed by atoms with van der Waals surface area (Å²) in [7, 11) is 0. The van der Waals surface area contributed by atoms with Crippen LogP contribution < -0.4 is 16.8 Å². The van der Waals surface area contributed by atoms with E-state index in [4.69, 9.17) is 11.5 Å². The maximum absolute atomic E-state index is 6.51. The molecular weight excluding hydrogens is 354 g/mol. The van der Waals surface area contributed by atoms with Crippen molar-refractivity contribution >= 4 is 11.4 Å². The van der Waals surface area contributed by atoms with Crippen LogP contribution in [0.1, 0.15) is 13.3 Å². The highest BCUT2D eigenvalue weighted by atomic mass is 15.0. The van der Waals surface area contributed by atoms with Crippen molar-refractivity contribution in [3.8, 4) is 22.3 Å². The van der Waals surface area contributed by atoms with Gasteiger partial charge in [-0.05, 0) is 42.2 Å². The first-order chi connectivity index (χ1) is 14.1. The van der Waals surface area contributed by atoms with Crippen LogP contribution in [0.3, 0.4) is 0 Å². The molecule has 0 saturated heterocycles. The Balaban J connectivity index is 1.82. The Labute approximate surface area is 172 Å². The zero-order valence-corrected chi connectivity index (χ0v) is 16.7. The fourth-order valence-corrected chi connectivity index (χ4v) is 3.94. The van der Waals surface area contributed by atoms with Crippen molar-refractivity contribution in [2.24, 2.45) is 5.73 Å². The molecule has 5 N–H and O–H groups in total. The number of rotatable bonds is 5. The maximum atomic E-state index is 6.51. The first kappa shape index (κ1) is 19.0. The molecule has 0 aromatic heterocycles. The Morgan fingerprint density at radius 1 is 0.897 bits per heavy atom. The Kier molecular flexibility index (Phi) is 5.24. The summed E-state index contributed by atoms with van der Waals surface area (Å²) in [6.45, 7) is 2.73. The zero-order valence-electron chi connectivity index (χ0n) is 16.7. The highest BCUT2D eigenvalue weighted by Gasteiger charge is 2.24. The molecule has 1 aliphatic carbocycles. The van der Waals surface area contributed by atoms with Crippen molar-refractivity contribution in [3.05, 3.63) is 96.6 Å². The molecule has 0 aliphatic heterocycles. The standard InChI is InChI=1S/C26H27N3/c1-26(14-8-9-19(17-26)18-27)29-25-16-24(28)22(20-10-4-2-5-11-20)15-23(25)21-12-6-3-7-13-21/h2-13,15-17,29H,14,18,27-28H2,1H3. The van der Waals surface area contributed by atoms with Gasteiger partial charge in [0.25, 0.3) is 0 Å². The molecule has 3 heteroatoms. The molecule has 0 spiro atoms. The molecule has 1 unspecified atom stereocenters. The number of anilines is 2. The van der Waals surface area contributed by atoms with Gasteiger partial charge in [0.2, 0.25) is 0 Å². The molecule has 1 atom stereocenters. The predicted molar refractivity (Wildman–Crippen MR) is 125 cm³/mol. The highest BCUT2D eigenvalue weighted by Crippen LogP contribution is 2.39. The van der Waals surface area contributed by atoms with Gasteiger partial charge >= 0.3 is 0 Å². The SMILES string of the molecule is CC1(Nc2cc(N)c(-c3ccccc3)cc2-c2ccccc2)C=C(CN)C=CC1. The van der Waals surface area contributed by atoms with E-state index in [-0.39, 0.29) is 5.54 Å². The zero-order chi connectivity index (χ0) is 20.3. The van der Waals surface area contributed by atoms with E-state index >= 15 is 0 Å². The third-order valence-corrected chi connectivity index (χ3v) is 5.39. The molecule has 4 rings (SSSR count). The van der Waals surface area contributed by atoms with E-state index in [9.17, 15) is 0 Å². The van der Waals surface area contributed by atoms with Crippen LogP contribution in [0.2, 0.25) is 0 Å². The van der Waals surface area contributed by atoms with Crippen LogP contribution in [0.4, 0.5) is 11.4 Å². The molecule has 29 heavy (non-hydrogen) atoms. The lowest BCUT2D eigenvalue weighted by Crippen LogP contribution is -2.34. The lowest BCUT2D eigenvalue weighted by molar-refractivity contribution is 0.634. The van der Waals surface area contributed by atoms with Gasteiger partial charge in [0.05, 0.1) is 5.54 Å². The van der Waals surface area contributed by atoms with E-state index in [0.717, 1.165) is 45.6 Å². The number of hydrogen-bond acceptors (Lipinski definition) is 3. The van der Waals surface area contributed by atoms with Gasteiger partial charge in [-0.3, -0.25) is 0 Å². The van der Waals surface area contributed by atoms with Gasteiger partial charge in [0.1, 0.15) is 0 Å². The van der Waals surface area contributed by atoms with Crippen molar-refractivity contribution in [1.82, 2.24) is 0 Å². The van der Waals surface area contributed by atoms with Gasteiger partial charge < -0.3 is 16.8 Å². The van der Waals surface area contributed by atoms with Crippen molar-refractivity contribution in [3.63, 3.8) is 0 Å². The fraction of sp³-hybridized carbons (Fsp3) is 0.154. The minimum Gasteiger partial charge on any atom is -0.398 e. The van der Waals surface area contributed by atoms with E-state index in [1.807, 2.05) is 24.3 Å². The van der Waals surface area contributed by atoms with Crippen LogP contribution in [-0.2, 0) is 0 Å². The molecule has 0 bridgehead atoms. The van der Waals surface area contributed by atoms with Crippen LogP contribution in [0.15, 0.2) is 96.6 Å². The summed E-state index contributed by atoms with van der Waals surface area (Å²) in [6, 6.07) is 25.0. The molecule has 146 valence electrons. The van der Waals surface area contributed by atoms with Crippen LogP contribution in [0.25, 0.3) is 22.3 Å². The highest BCUT2D eigenvalue weighted by molar-refractivity contribution is 5.90. The van der Waals surface area contributed by atoms with Crippen LogP contribution in [0.5, 0.6) is 0 Å². The topological polar surface area (TPSA) is 64.1 Å². The lowest BCUT2D eigenvalue weighted by atomic mass is 9.88. The molecule has 0 saturated carbocycles. The molecule has 3 aromatic rings. The molecule has 0 amide bonds. The van der Waals surface area contributed by atoms with Crippen molar-refractivity contribution in [1.29, 1.82) is 0 Å². The smallest absolute Gasteiger partial charge is 0.0568 e. The van der Waals surface area contributed by atoms with Crippen molar-refractivity contribution in [2.45, 2.75) is 18.9 Å². The lowest BCUT2D eigenvalue weighted by Gasteiger charge is -2.32. The van der Waals surface area contributed by atoms with Crippen molar-refractivity contribution < 1.29 is 0 Å². The van der Waals surface area contributed by atoms with Gasteiger partial charge in [-0.15, -0.1) is 0 Å². The third-order valence-electron chi connectivity index (χ3n) is 5.39. The second kappa shape index (κ2) is 7.98. The van der Waals surface area contributed by atoms with Crippen molar-refractivity contribution in [2.75, 3.05) is 17.6 Å². The summed E-state index contributed by atoms with van der Waals surface area (Å²) in [5.74, 6) is 0. The summed E-state index contributed by atoms with van der Waals surface area (Å²) < 4.78 is 0. The summed E-state index contributed by atoms with van der Waals surface area (Å²) >= 11 is 0. The summed E-state index contributed by atoms with van der Waals surface area (Å²) in [4.78, 5) is 0. The van der Waals surface area contributed by atoms with Gasteiger partial charge in [0.15, 0.2) is 0 Å². The number of hydrogen-bond donors (Lipinski definition) is 3. The fourth-order valence-electron chi connectivity index (χ4n) is 3.94. The molecule has 3 aromatic carbocycles. The number of nitrogen functional groups attached to an aromatic ring is 1. The molecule has 0 radical (unpaired) electrons. The predicted octanol–water partition coefficient (Wildman–Crippen LogP) is 5.62. The summed E-state index contributed by atoms with van der Waals surface area (Å²) in [5, 5.41) is 3.74. The average Bonchev–Trinajstić information content (AvgIpc) is 2.75. The number of nitrogens with one attached hydrogen (secondary N) is 1. The van der Waals surface area contributed by atoms with E-state index < -0.39 is 0 Å². The molecule has 0 fully saturated rings. The van der Waals surface area contributed by atoms with E-state index in [0.29, 0.717) is 6.54 Å². The van der Waals surface area contributed by atoms with Gasteiger partial charge in [-0.2, -0.15) is 0 Å².